The van der Waals surface area contributed by atoms with Crippen LogP contribution in [0.25, 0.3) is 0 Å². The number of hydrogen-bond acceptors (Lipinski definition) is 3. The average Bonchev–Trinajstić information content (AvgIpc) is 2.46. The van der Waals surface area contributed by atoms with Crippen LogP contribution in [0.1, 0.15) is 26.4 Å². The third kappa shape index (κ3) is 2.83. The summed E-state index contributed by atoms with van der Waals surface area (Å²) in [6, 6.07) is 9.52. The number of hydrogen-bond donors (Lipinski definition) is 1. The molecule has 2 rings (SSSR count). The molecule has 0 radical (unpaired) electrons. The molecule has 0 atom stereocenters. The predicted octanol–water partition coefficient (Wildman–Crippen LogP) is 2.36. The summed E-state index contributed by atoms with van der Waals surface area (Å²) in [5.41, 5.74) is 2.14. The van der Waals surface area contributed by atoms with Gasteiger partial charge in [0.15, 0.2) is 0 Å². The lowest BCUT2D eigenvalue weighted by molar-refractivity contribution is 0.0696. The summed E-state index contributed by atoms with van der Waals surface area (Å²) < 4.78 is 0. The minimum Gasteiger partial charge on any atom is -0.478 e. The van der Waals surface area contributed by atoms with Crippen molar-refractivity contribution in [1.29, 1.82) is 0 Å². The smallest absolute Gasteiger partial charge is 0.335 e. The van der Waals surface area contributed by atoms with Crippen molar-refractivity contribution < 1.29 is 14.7 Å². The molecule has 0 saturated heterocycles. The van der Waals surface area contributed by atoms with Crippen molar-refractivity contribution in [1.82, 2.24) is 4.98 Å². The number of benzene rings is 1. The molecule has 0 unspecified atom stereocenters. The van der Waals surface area contributed by atoms with E-state index in [1.54, 1.807) is 37.5 Å². The Labute approximate surface area is 116 Å². The highest BCUT2D eigenvalue weighted by molar-refractivity contribution is 6.05. The van der Waals surface area contributed by atoms with Crippen LogP contribution >= 0.6 is 0 Å². The standard InChI is InChI=1S/C15H14N2O3/c1-10-9-12(7-8-16-10)14(18)17(2)13-5-3-11(4-6-13)15(19)20/h3-9H,1-2H3,(H,19,20). The molecule has 1 aromatic carbocycles. The van der Waals surface area contributed by atoms with Crippen molar-refractivity contribution in [2.45, 2.75) is 6.92 Å². The molecular formula is C15H14N2O3. The molecule has 1 heterocycles. The van der Waals surface area contributed by atoms with E-state index in [2.05, 4.69) is 4.98 Å². The van der Waals surface area contributed by atoms with E-state index in [1.807, 2.05) is 6.92 Å². The van der Waals surface area contributed by atoms with Gasteiger partial charge in [-0.05, 0) is 43.3 Å². The molecule has 0 aliphatic heterocycles. The third-order valence-corrected chi connectivity index (χ3v) is 2.95. The lowest BCUT2D eigenvalue weighted by atomic mass is 10.1. The van der Waals surface area contributed by atoms with E-state index in [9.17, 15) is 9.59 Å². The first-order chi connectivity index (χ1) is 9.49. The summed E-state index contributed by atoms with van der Waals surface area (Å²) in [5, 5.41) is 8.84. The number of amides is 1. The van der Waals surface area contributed by atoms with Gasteiger partial charge in [0, 0.05) is 30.2 Å². The van der Waals surface area contributed by atoms with Crippen LogP contribution in [-0.4, -0.2) is 29.0 Å². The van der Waals surface area contributed by atoms with Crippen molar-refractivity contribution in [3.63, 3.8) is 0 Å². The Morgan fingerprint density at radius 3 is 2.30 bits per heavy atom. The Hall–Kier alpha value is -2.69. The monoisotopic (exact) mass is 270 g/mol. The number of rotatable bonds is 3. The molecule has 1 amide bonds. The van der Waals surface area contributed by atoms with Crippen molar-refractivity contribution in [2.75, 3.05) is 11.9 Å². The van der Waals surface area contributed by atoms with Crippen LogP contribution in [0.2, 0.25) is 0 Å². The van der Waals surface area contributed by atoms with E-state index in [0.29, 0.717) is 11.3 Å². The first kappa shape index (κ1) is 13.7. The first-order valence-corrected chi connectivity index (χ1v) is 6.03. The summed E-state index contributed by atoms with van der Waals surface area (Å²) >= 11 is 0. The average molecular weight is 270 g/mol. The molecule has 1 N–H and O–H groups in total. The minimum absolute atomic E-state index is 0.168. The van der Waals surface area contributed by atoms with Crippen LogP contribution in [0, 0.1) is 6.92 Å². The molecule has 0 fully saturated rings. The number of carbonyl (C=O) groups is 2. The summed E-state index contributed by atoms with van der Waals surface area (Å²) in [6.07, 6.45) is 1.59. The number of pyridine rings is 1. The number of carboxylic acids is 1. The highest BCUT2D eigenvalue weighted by Crippen LogP contribution is 2.16. The molecule has 0 saturated carbocycles. The topological polar surface area (TPSA) is 70.5 Å². The van der Waals surface area contributed by atoms with Crippen molar-refractivity contribution in [3.05, 3.63) is 59.4 Å². The zero-order valence-electron chi connectivity index (χ0n) is 11.2. The van der Waals surface area contributed by atoms with Gasteiger partial charge in [-0.25, -0.2) is 4.79 Å². The first-order valence-electron chi connectivity index (χ1n) is 6.03. The van der Waals surface area contributed by atoms with Gasteiger partial charge in [-0.2, -0.15) is 0 Å². The molecule has 0 bridgehead atoms. The van der Waals surface area contributed by atoms with Crippen LogP contribution in [0.5, 0.6) is 0 Å². The number of nitrogens with zero attached hydrogens (tertiary/aromatic N) is 2. The van der Waals surface area contributed by atoms with Crippen molar-refractivity contribution in [3.8, 4) is 0 Å². The summed E-state index contributed by atoms with van der Waals surface area (Å²) in [6.45, 7) is 1.82. The molecule has 2 aromatic rings. The fourth-order valence-corrected chi connectivity index (χ4v) is 1.82. The van der Waals surface area contributed by atoms with E-state index >= 15 is 0 Å². The van der Waals surface area contributed by atoms with Crippen LogP contribution < -0.4 is 4.90 Å². The van der Waals surface area contributed by atoms with Crippen LogP contribution in [0.4, 0.5) is 5.69 Å². The fraction of sp³-hybridized carbons (Fsp3) is 0.133. The van der Waals surface area contributed by atoms with Gasteiger partial charge in [0.1, 0.15) is 0 Å². The molecular weight excluding hydrogens is 256 g/mol. The SMILES string of the molecule is Cc1cc(C(=O)N(C)c2ccc(C(=O)O)cc2)ccn1. The van der Waals surface area contributed by atoms with E-state index in [1.165, 1.54) is 17.0 Å². The third-order valence-electron chi connectivity index (χ3n) is 2.95. The molecule has 0 aliphatic rings. The van der Waals surface area contributed by atoms with Crippen LogP contribution in [0.15, 0.2) is 42.6 Å². The van der Waals surface area contributed by atoms with Crippen LogP contribution in [0.3, 0.4) is 0 Å². The lowest BCUT2D eigenvalue weighted by Crippen LogP contribution is -2.26. The van der Waals surface area contributed by atoms with Gasteiger partial charge in [-0.15, -0.1) is 0 Å². The summed E-state index contributed by atoms with van der Waals surface area (Å²) in [7, 11) is 1.65. The number of anilines is 1. The number of carboxylic acid groups (broad SMARTS) is 1. The van der Waals surface area contributed by atoms with E-state index < -0.39 is 5.97 Å². The summed E-state index contributed by atoms with van der Waals surface area (Å²) in [4.78, 5) is 28.6. The number of carbonyl (C=O) groups excluding carboxylic acids is 1. The Bertz CT molecular complexity index is 650. The van der Waals surface area contributed by atoms with Gasteiger partial charge in [0.05, 0.1) is 5.56 Å². The Balaban J connectivity index is 2.24. The fourth-order valence-electron chi connectivity index (χ4n) is 1.82. The Kier molecular flexibility index (Phi) is 3.79. The molecule has 5 nitrogen and oxygen atoms in total. The van der Waals surface area contributed by atoms with Gasteiger partial charge in [0.25, 0.3) is 5.91 Å². The second kappa shape index (κ2) is 5.52. The largest absolute Gasteiger partial charge is 0.478 e. The predicted molar refractivity (Wildman–Crippen MR) is 75.1 cm³/mol. The maximum absolute atomic E-state index is 12.3. The van der Waals surface area contributed by atoms with E-state index in [0.717, 1.165) is 5.69 Å². The molecule has 20 heavy (non-hydrogen) atoms. The van der Waals surface area contributed by atoms with Gasteiger partial charge < -0.3 is 10.0 Å². The van der Waals surface area contributed by atoms with Gasteiger partial charge in [-0.3, -0.25) is 9.78 Å². The Morgan fingerprint density at radius 1 is 1.10 bits per heavy atom. The molecule has 0 aliphatic carbocycles. The summed E-state index contributed by atoms with van der Waals surface area (Å²) in [5.74, 6) is -1.16. The molecule has 5 heteroatoms. The van der Waals surface area contributed by atoms with E-state index in [4.69, 9.17) is 5.11 Å². The normalized spacial score (nSPS) is 10.1. The maximum Gasteiger partial charge on any atom is 0.335 e. The second-order valence-corrected chi connectivity index (χ2v) is 4.40. The molecule has 0 spiro atoms. The van der Waals surface area contributed by atoms with Crippen molar-refractivity contribution in [2.24, 2.45) is 0 Å². The van der Waals surface area contributed by atoms with Crippen molar-refractivity contribution >= 4 is 17.6 Å². The zero-order valence-corrected chi connectivity index (χ0v) is 11.2. The Morgan fingerprint density at radius 2 is 1.75 bits per heavy atom. The maximum atomic E-state index is 12.3. The lowest BCUT2D eigenvalue weighted by Gasteiger charge is -2.17. The second-order valence-electron chi connectivity index (χ2n) is 4.40. The van der Waals surface area contributed by atoms with Gasteiger partial charge >= 0.3 is 5.97 Å². The molecule has 102 valence electrons. The highest BCUT2D eigenvalue weighted by atomic mass is 16.4. The van der Waals surface area contributed by atoms with Gasteiger partial charge in [-0.1, -0.05) is 0 Å². The molecule has 1 aromatic heterocycles. The highest BCUT2D eigenvalue weighted by Gasteiger charge is 2.14. The zero-order chi connectivity index (χ0) is 14.7. The number of aryl methyl sites for hydroxylation is 1. The van der Waals surface area contributed by atoms with Gasteiger partial charge in [0.2, 0.25) is 0 Å². The number of aromatic nitrogens is 1. The minimum atomic E-state index is -0.990. The number of aromatic carboxylic acids is 1. The quantitative estimate of drug-likeness (QED) is 0.929. The van der Waals surface area contributed by atoms with E-state index in [-0.39, 0.29) is 11.5 Å². The van der Waals surface area contributed by atoms with Crippen LogP contribution in [-0.2, 0) is 0 Å².